The van der Waals surface area contributed by atoms with Gasteiger partial charge in [-0.25, -0.2) is 4.98 Å². The maximum atomic E-state index is 12.6. The fourth-order valence-corrected chi connectivity index (χ4v) is 3.63. The van der Waals surface area contributed by atoms with E-state index in [9.17, 15) is 9.59 Å². The number of carbonyl (C=O) groups excluding carboxylic acids is 2. The lowest BCUT2D eigenvalue weighted by atomic mass is 10.1. The maximum absolute atomic E-state index is 12.6. The Morgan fingerprint density at radius 1 is 1.26 bits per heavy atom. The van der Waals surface area contributed by atoms with Gasteiger partial charge in [-0.05, 0) is 30.3 Å². The van der Waals surface area contributed by atoms with Crippen LogP contribution in [0.15, 0.2) is 48.5 Å². The van der Waals surface area contributed by atoms with Crippen molar-refractivity contribution in [1.82, 2.24) is 14.9 Å². The molecule has 1 fully saturated rings. The van der Waals surface area contributed by atoms with Gasteiger partial charge in [-0.2, -0.15) is 0 Å². The smallest absolute Gasteiger partial charge is 0.227 e. The van der Waals surface area contributed by atoms with E-state index < -0.39 is 0 Å². The van der Waals surface area contributed by atoms with E-state index in [1.54, 1.807) is 23.1 Å². The standard InChI is InChI=1S/C20H19ClN4O2/c1-24-17-8-3-2-7-16(17)23-18(24)11-22-20(27)13-9-19(26)25(12-13)15-6-4-5-14(21)10-15/h2-8,10,13H,9,11-12H2,1H3,(H,22,27). The topological polar surface area (TPSA) is 67.2 Å². The average Bonchev–Trinajstić information content (AvgIpc) is 3.20. The number of anilines is 1. The van der Waals surface area contributed by atoms with Gasteiger partial charge in [0.2, 0.25) is 11.8 Å². The number of rotatable bonds is 4. The molecular formula is C20H19ClN4O2. The van der Waals surface area contributed by atoms with Gasteiger partial charge in [0.25, 0.3) is 0 Å². The van der Waals surface area contributed by atoms with E-state index in [1.807, 2.05) is 41.9 Å². The first kappa shape index (κ1) is 17.5. The van der Waals surface area contributed by atoms with Gasteiger partial charge < -0.3 is 14.8 Å². The van der Waals surface area contributed by atoms with Crippen molar-refractivity contribution in [2.24, 2.45) is 13.0 Å². The van der Waals surface area contributed by atoms with Crippen molar-refractivity contribution in [2.75, 3.05) is 11.4 Å². The van der Waals surface area contributed by atoms with Gasteiger partial charge in [0, 0.05) is 30.7 Å². The fraction of sp³-hybridized carbons (Fsp3) is 0.250. The Bertz CT molecular complexity index is 1030. The van der Waals surface area contributed by atoms with E-state index in [-0.39, 0.29) is 24.2 Å². The Morgan fingerprint density at radius 2 is 2.07 bits per heavy atom. The van der Waals surface area contributed by atoms with Crippen LogP contribution >= 0.6 is 11.6 Å². The molecule has 3 aromatic rings. The molecule has 1 saturated heterocycles. The number of imidazole rings is 1. The molecule has 1 unspecified atom stereocenters. The molecule has 138 valence electrons. The third-order valence-electron chi connectivity index (χ3n) is 4.92. The molecule has 1 aromatic heterocycles. The highest BCUT2D eigenvalue weighted by molar-refractivity contribution is 6.31. The Kier molecular flexibility index (Phi) is 4.58. The molecule has 1 N–H and O–H groups in total. The molecule has 0 bridgehead atoms. The first-order valence-corrected chi connectivity index (χ1v) is 9.14. The van der Waals surface area contributed by atoms with Gasteiger partial charge in [-0.3, -0.25) is 9.59 Å². The molecule has 1 aliphatic rings. The van der Waals surface area contributed by atoms with Gasteiger partial charge in [-0.1, -0.05) is 29.8 Å². The van der Waals surface area contributed by atoms with Gasteiger partial charge in [0.05, 0.1) is 23.5 Å². The van der Waals surface area contributed by atoms with Crippen LogP contribution in [0.4, 0.5) is 5.69 Å². The summed E-state index contributed by atoms with van der Waals surface area (Å²) in [6.45, 7) is 0.680. The molecule has 2 aromatic carbocycles. The molecule has 0 spiro atoms. The minimum Gasteiger partial charge on any atom is -0.349 e. The first-order chi connectivity index (χ1) is 13.0. The largest absolute Gasteiger partial charge is 0.349 e. The van der Waals surface area contributed by atoms with Crippen LogP contribution in [0.3, 0.4) is 0 Å². The highest BCUT2D eigenvalue weighted by Crippen LogP contribution is 2.27. The van der Waals surface area contributed by atoms with E-state index >= 15 is 0 Å². The molecular weight excluding hydrogens is 364 g/mol. The van der Waals surface area contributed by atoms with Crippen molar-refractivity contribution in [3.63, 3.8) is 0 Å². The number of hydrogen-bond acceptors (Lipinski definition) is 3. The number of aryl methyl sites for hydroxylation is 1. The zero-order valence-electron chi connectivity index (χ0n) is 14.9. The predicted octanol–water partition coefficient (Wildman–Crippen LogP) is 2.90. The summed E-state index contributed by atoms with van der Waals surface area (Å²) < 4.78 is 1.97. The van der Waals surface area contributed by atoms with Gasteiger partial charge in [0.1, 0.15) is 5.82 Å². The van der Waals surface area contributed by atoms with Gasteiger partial charge in [-0.15, -0.1) is 0 Å². The molecule has 27 heavy (non-hydrogen) atoms. The molecule has 6 nitrogen and oxygen atoms in total. The summed E-state index contributed by atoms with van der Waals surface area (Å²) >= 11 is 6.01. The summed E-state index contributed by atoms with van der Waals surface area (Å²) in [5.41, 5.74) is 2.63. The Hall–Kier alpha value is -2.86. The van der Waals surface area contributed by atoms with Crippen LogP contribution < -0.4 is 10.2 Å². The minimum atomic E-state index is -0.383. The third kappa shape index (κ3) is 3.40. The number of hydrogen-bond donors (Lipinski definition) is 1. The zero-order chi connectivity index (χ0) is 19.0. The quantitative estimate of drug-likeness (QED) is 0.754. The molecule has 2 amide bonds. The second-order valence-corrected chi connectivity index (χ2v) is 7.12. The molecule has 0 radical (unpaired) electrons. The summed E-state index contributed by atoms with van der Waals surface area (Å²) in [5, 5.41) is 3.48. The minimum absolute atomic E-state index is 0.0693. The van der Waals surface area contributed by atoms with E-state index in [0.717, 1.165) is 22.5 Å². The molecule has 1 atom stereocenters. The van der Waals surface area contributed by atoms with Crippen LogP contribution in [0.25, 0.3) is 11.0 Å². The van der Waals surface area contributed by atoms with E-state index in [2.05, 4.69) is 10.3 Å². The summed E-state index contributed by atoms with van der Waals surface area (Å²) in [7, 11) is 1.93. The lowest BCUT2D eigenvalue weighted by molar-refractivity contribution is -0.126. The second kappa shape index (κ2) is 7.04. The summed E-state index contributed by atoms with van der Waals surface area (Å²) in [6.07, 6.45) is 0.195. The normalized spacial score (nSPS) is 16.9. The van der Waals surface area contributed by atoms with Crippen LogP contribution in [0, 0.1) is 5.92 Å². The highest BCUT2D eigenvalue weighted by Gasteiger charge is 2.35. The number of halogens is 1. The molecule has 1 aliphatic heterocycles. The van der Waals surface area contributed by atoms with Crippen LogP contribution in [-0.2, 0) is 23.2 Å². The zero-order valence-corrected chi connectivity index (χ0v) is 15.6. The third-order valence-corrected chi connectivity index (χ3v) is 5.15. The Labute approximate surface area is 161 Å². The number of benzene rings is 2. The van der Waals surface area contributed by atoms with Crippen LogP contribution in [0.1, 0.15) is 12.2 Å². The van der Waals surface area contributed by atoms with Gasteiger partial charge >= 0.3 is 0 Å². The van der Waals surface area contributed by atoms with Crippen molar-refractivity contribution in [1.29, 1.82) is 0 Å². The number of nitrogens with one attached hydrogen (secondary N) is 1. The summed E-state index contributed by atoms with van der Waals surface area (Å²) in [6, 6.07) is 14.9. The van der Waals surface area contributed by atoms with Crippen molar-refractivity contribution in [2.45, 2.75) is 13.0 Å². The van der Waals surface area contributed by atoms with Crippen LogP contribution in [0.2, 0.25) is 5.02 Å². The van der Waals surface area contributed by atoms with Crippen molar-refractivity contribution < 1.29 is 9.59 Å². The average molecular weight is 383 g/mol. The monoisotopic (exact) mass is 382 g/mol. The number of fused-ring (bicyclic) bond motifs is 1. The number of amides is 2. The molecule has 0 aliphatic carbocycles. The molecule has 7 heteroatoms. The SMILES string of the molecule is Cn1c(CNC(=O)C2CC(=O)N(c3cccc(Cl)c3)C2)nc2ccccc21. The highest BCUT2D eigenvalue weighted by atomic mass is 35.5. The number of carbonyl (C=O) groups is 2. The first-order valence-electron chi connectivity index (χ1n) is 8.77. The fourth-order valence-electron chi connectivity index (χ4n) is 3.44. The van der Waals surface area contributed by atoms with E-state index in [0.29, 0.717) is 18.1 Å². The van der Waals surface area contributed by atoms with Gasteiger partial charge in [0.15, 0.2) is 0 Å². The Morgan fingerprint density at radius 3 is 2.85 bits per heavy atom. The predicted molar refractivity (Wildman–Crippen MR) is 104 cm³/mol. The molecule has 0 saturated carbocycles. The van der Waals surface area contributed by atoms with Crippen molar-refractivity contribution >= 4 is 40.1 Å². The van der Waals surface area contributed by atoms with E-state index in [1.165, 1.54) is 0 Å². The number of aromatic nitrogens is 2. The Balaban J connectivity index is 1.43. The molecule has 4 rings (SSSR count). The van der Waals surface area contributed by atoms with Crippen LogP contribution in [0.5, 0.6) is 0 Å². The van der Waals surface area contributed by atoms with E-state index in [4.69, 9.17) is 11.6 Å². The lowest BCUT2D eigenvalue weighted by Gasteiger charge is -2.17. The number of para-hydroxylation sites is 2. The number of nitrogens with zero attached hydrogens (tertiary/aromatic N) is 3. The summed E-state index contributed by atoms with van der Waals surface area (Å²) in [4.78, 5) is 31.1. The van der Waals surface area contributed by atoms with Crippen molar-refractivity contribution in [3.8, 4) is 0 Å². The maximum Gasteiger partial charge on any atom is 0.227 e. The molecule has 2 heterocycles. The summed E-state index contributed by atoms with van der Waals surface area (Å²) in [5.74, 6) is 0.187. The second-order valence-electron chi connectivity index (χ2n) is 6.68. The van der Waals surface area contributed by atoms with Crippen LogP contribution in [-0.4, -0.2) is 27.9 Å². The lowest BCUT2D eigenvalue weighted by Crippen LogP contribution is -2.33. The van der Waals surface area contributed by atoms with Crippen molar-refractivity contribution in [3.05, 3.63) is 59.4 Å².